The molecule has 4 nitrogen and oxygen atoms in total. The van der Waals surface area contributed by atoms with Gasteiger partial charge in [0.2, 0.25) is 0 Å². The minimum Gasteiger partial charge on any atom is -0.497 e. The number of benzene rings is 2. The average Bonchev–Trinajstić information content (AvgIpc) is 2.55. The van der Waals surface area contributed by atoms with Gasteiger partial charge >= 0.3 is 0 Å². The van der Waals surface area contributed by atoms with E-state index in [2.05, 4.69) is 5.32 Å². The summed E-state index contributed by atoms with van der Waals surface area (Å²) in [5.41, 5.74) is -0.0896. The van der Waals surface area contributed by atoms with E-state index in [1.807, 2.05) is 0 Å². The first kappa shape index (κ1) is 16.7. The Kier molecular flexibility index (Phi) is 5.51. The van der Waals surface area contributed by atoms with Gasteiger partial charge in [-0.05, 0) is 42.8 Å². The van der Waals surface area contributed by atoms with Gasteiger partial charge in [-0.15, -0.1) is 0 Å². The number of carbonyl (C=O) groups is 1. The molecular formula is C17H17F2NO3. The molecule has 0 aromatic heterocycles. The second kappa shape index (κ2) is 7.58. The summed E-state index contributed by atoms with van der Waals surface area (Å²) >= 11 is 0. The zero-order valence-corrected chi connectivity index (χ0v) is 12.8. The second-order valence-corrected chi connectivity index (χ2v) is 4.80. The van der Waals surface area contributed by atoms with E-state index < -0.39 is 23.6 Å². The van der Waals surface area contributed by atoms with Crippen LogP contribution < -0.4 is 14.8 Å². The molecule has 0 aliphatic heterocycles. The summed E-state index contributed by atoms with van der Waals surface area (Å²) in [6.45, 7) is 1.77. The number of rotatable bonds is 6. The van der Waals surface area contributed by atoms with Crippen molar-refractivity contribution in [2.45, 2.75) is 19.4 Å². The van der Waals surface area contributed by atoms with Crippen molar-refractivity contribution in [2.75, 3.05) is 12.4 Å². The molecule has 2 rings (SSSR count). The SMILES string of the molecule is CC[C@H](Oc1ccc(OC)cc1)C(=O)Nc1ccc(F)cc1F. The number of nitrogens with one attached hydrogen (secondary N) is 1. The summed E-state index contributed by atoms with van der Waals surface area (Å²) < 4.78 is 37.1. The van der Waals surface area contributed by atoms with Gasteiger partial charge in [-0.25, -0.2) is 8.78 Å². The summed E-state index contributed by atoms with van der Waals surface area (Å²) in [5.74, 6) is -0.885. The lowest BCUT2D eigenvalue weighted by atomic mass is 10.2. The van der Waals surface area contributed by atoms with Crippen molar-refractivity contribution in [1.29, 1.82) is 0 Å². The predicted octanol–water partition coefficient (Wildman–Crippen LogP) is 3.77. The monoisotopic (exact) mass is 321 g/mol. The highest BCUT2D eigenvalue weighted by Crippen LogP contribution is 2.20. The zero-order valence-electron chi connectivity index (χ0n) is 12.8. The Labute approximate surface area is 133 Å². The van der Waals surface area contributed by atoms with Crippen molar-refractivity contribution < 1.29 is 23.0 Å². The van der Waals surface area contributed by atoms with E-state index in [4.69, 9.17) is 9.47 Å². The molecule has 0 unspecified atom stereocenters. The molecule has 6 heteroatoms. The average molecular weight is 321 g/mol. The molecule has 1 N–H and O–H groups in total. The van der Waals surface area contributed by atoms with E-state index in [-0.39, 0.29) is 5.69 Å². The van der Waals surface area contributed by atoms with Crippen LogP contribution in [0.5, 0.6) is 11.5 Å². The first-order valence-electron chi connectivity index (χ1n) is 7.10. The van der Waals surface area contributed by atoms with Gasteiger partial charge in [-0.1, -0.05) is 6.92 Å². The van der Waals surface area contributed by atoms with Crippen LogP contribution in [0, 0.1) is 11.6 Å². The summed E-state index contributed by atoms with van der Waals surface area (Å²) in [5, 5.41) is 2.40. The van der Waals surface area contributed by atoms with Crippen molar-refractivity contribution in [3.63, 3.8) is 0 Å². The molecule has 2 aromatic rings. The quantitative estimate of drug-likeness (QED) is 0.881. The maximum absolute atomic E-state index is 13.6. The first-order chi connectivity index (χ1) is 11.0. The van der Waals surface area contributed by atoms with Gasteiger partial charge in [-0.3, -0.25) is 4.79 Å². The van der Waals surface area contributed by atoms with Crippen LogP contribution in [0.25, 0.3) is 0 Å². The number of hydrogen-bond acceptors (Lipinski definition) is 3. The summed E-state index contributed by atoms with van der Waals surface area (Å²) in [7, 11) is 1.55. The summed E-state index contributed by atoms with van der Waals surface area (Å²) in [6.07, 6.45) is -0.409. The third-order valence-electron chi connectivity index (χ3n) is 3.19. The highest BCUT2D eigenvalue weighted by atomic mass is 19.1. The van der Waals surface area contributed by atoms with Gasteiger partial charge in [0.15, 0.2) is 6.10 Å². The Balaban J connectivity index is 2.05. The molecule has 0 spiro atoms. The number of anilines is 1. The largest absolute Gasteiger partial charge is 0.497 e. The zero-order chi connectivity index (χ0) is 16.8. The topological polar surface area (TPSA) is 47.6 Å². The maximum Gasteiger partial charge on any atom is 0.265 e. The van der Waals surface area contributed by atoms with Crippen LogP contribution in [-0.4, -0.2) is 19.1 Å². The Morgan fingerprint density at radius 3 is 2.35 bits per heavy atom. The third kappa shape index (κ3) is 4.42. The highest BCUT2D eigenvalue weighted by Gasteiger charge is 2.20. The molecule has 0 aliphatic carbocycles. The number of carbonyl (C=O) groups excluding carboxylic acids is 1. The van der Waals surface area contributed by atoms with E-state index in [9.17, 15) is 13.6 Å². The number of amides is 1. The maximum atomic E-state index is 13.6. The normalized spacial score (nSPS) is 11.7. The molecular weight excluding hydrogens is 304 g/mol. The number of hydrogen-bond donors (Lipinski definition) is 1. The van der Waals surface area contributed by atoms with Crippen LogP contribution in [-0.2, 0) is 4.79 Å². The molecule has 0 saturated heterocycles. The number of halogens is 2. The van der Waals surface area contributed by atoms with E-state index in [1.165, 1.54) is 6.07 Å². The molecule has 0 radical (unpaired) electrons. The Morgan fingerprint density at radius 1 is 1.13 bits per heavy atom. The molecule has 0 aliphatic rings. The smallest absolute Gasteiger partial charge is 0.265 e. The van der Waals surface area contributed by atoms with Crippen molar-refractivity contribution >= 4 is 11.6 Å². The van der Waals surface area contributed by atoms with Crippen LogP contribution in [0.3, 0.4) is 0 Å². The lowest BCUT2D eigenvalue weighted by Crippen LogP contribution is -2.32. The fourth-order valence-corrected chi connectivity index (χ4v) is 1.94. The summed E-state index contributed by atoms with van der Waals surface area (Å²) in [4.78, 5) is 12.2. The number of methoxy groups -OCH3 is 1. The lowest BCUT2D eigenvalue weighted by Gasteiger charge is -2.17. The van der Waals surface area contributed by atoms with E-state index >= 15 is 0 Å². The van der Waals surface area contributed by atoms with Crippen molar-refractivity contribution in [3.8, 4) is 11.5 Å². The van der Waals surface area contributed by atoms with Gasteiger partial charge in [0.1, 0.15) is 23.1 Å². The van der Waals surface area contributed by atoms with Gasteiger partial charge in [0.25, 0.3) is 5.91 Å². The van der Waals surface area contributed by atoms with Crippen LogP contribution >= 0.6 is 0 Å². The molecule has 122 valence electrons. The highest BCUT2D eigenvalue weighted by molar-refractivity contribution is 5.94. The van der Waals surface area contributed by atoms with Gasteiger partial charge in [0, 0.05) is 6.07 Å². The lowest BCUT2D eigenvalue weighted by molar-refractivity contribution is -0.122. The van der Waals surface area contributed by atoms with Gasteiger partial charge in [-0.2, -0.15) is 0 Å². The van der Waals surface area contributed by atoms with Gasteiger partial charge < -0.3 is 14.8 Å². The molecule has 1 atom stereocenters. The van der Waals surface area contributed by atoms with Crippen molar-refractivity contribution in [3.05, 3.63) is 54.1 Å². The van der Waals surface area contributed by atoms with E-state index in [0.717, 1.165) is 6.07 Å². The minimum absolute atomic E-state index is 0.0896. The Hall–Kier alpha value is -2.63. The predicted molar refractivity (Wildman–Crippen MR) is 82.7 cm³/mol. The fourth-order valence-electron chi connectivity index (χ4n) is 1.94. The molecule has 0 saturated carbocycles. The van der Waals surface area contributed by atoms with E-state index in [0.29, 0.717) is 24.0 Å². The molecule has 0 fully saturated rings. The van der Waals surface area contributed by atoms with E-state index in [1.54, 1.807) is 38.3 Å². The van der Waals surface area contributed by atoms with Crippen LogP contribution in [0.15, 0.2) is 42.5 Å². The molecule has 2 aromatic carbocycles. The minimum atomic E-state index is -0.836. The van der Waals surface area contributed by atoms with Crippen LogP contribution in [0.2, 0.25) is 0 Å². The number of ether oxygens (including phenoxy) is 2. The van der Waals surface area contributed by atoms with Crippen molar-refractivity contribution in [1.82, 2.24) is 0 Å². The Morgan fingerprint density at radius 2 is 1.78 bits per heavy atom. The van der Waals surface area contributed by atoms with Gasteiger partial charge in [0.05, 0.1) is 12.8 Å². The molecule has 23 heavy (non-hydrogen) atoms. The first-order valence-corrected chi connectivity index (χ1v) is 7.10. The third-order valence-corrected chi connectivity index (χ3v) is 3.19. The van der Waals surface area contributed by atoms with Crippen molar-refractivity contribution in [2.24, 2.45) is 0 Å². The second-order valence-electron chi connectivity index (χ2n) is 4.80. The van der Waals surface area contributed by atoms with Crippen LogP contribution in [0.1, 0.15) is 13.3 Å². The fraction of sp³-hybridized carbons (Fsp3) is 0.235. The molecule has 1 amide bonds. The molecule has 0 heterocycles. The summed E-state index contributed by atoms with van der Waals surface area (Å²) in [6, 6.07) is 9.72. The standard InChI is InChI=1S/C17H17F2NO3/c1-3-16(23-13-7-5-12(22-2)6-8-13)17(21)20-15-9-4-11(18)10-14(15)19/h4-10,16H,3H2,1-2H3,(H,20,21)/t16-/m0/s1. The molecule has 0 bridgehead atoms. The Bertz CT molecular complexity index is 674. The van der Waals surface area contributed by atoms with Crippen LogP contribution in [0.4, 0.5) is 14.5 Å².